The Labute approximate surface area is 500 Å². The lowest BCUT2D eigenvalue weighted by atomic mass is 10.0. The normalized spacial score (nSPS) is 16.6. The lowest BCUT2D eigenvalue weighted by Crippen LogP contribution is -2.60. The van der Waals surface area contributed by atoms with Gasteiger partial charge in [-0.2, -0.15) is 0 Å². The van der Waals surface area contributed by atoms with Crippen molar-refractivity contribution in [1.29, 1.82) is 0 Å². The number of guanidine groups is 1. The number of carbonyl (C=O) groups excluding carboxylic acids is 11. The molecule has 0 spiro atoms. The molecule has 11 amide bonds. The number of aliphatic imine (C=N–C) groups is 1. The Bertz CT molecular complexity index is 3030. The van der Waals surface area contributed by atoms with E-state index < -0.39 is 127 Å². The maximum absolute atomic E-state index is 14.4. The summed E-state index contributed by atoms with van der Waals surface area (Å²) in [4.78, 5) is 164. The van der Waals surface area contributed by atoms with Crippen molar-refractivity contribution in [1.82, 2.24) is 67.7 Å². The number of phenolic OH excluding ortho intramolecular Hbond substituents is 1. The van der Waals surface area contributed by atoms with Crippen molar-refractivity contribution >= 4 is 94.2 Å². The van der Waals surface area contributed by atoms with Crippen LogP contribution in [0.4, 0.5) is 0 Å². The quantitative estimate of drug-likeness (QED) is 0.0130. The van der Waals surface area contributed by atoms with E-state index in [-0.39, 0.29) is 107 Å². The number of fused-ring (bicyclic) bond motifs is 1. The van der Waals surface area contributed by atoms with E-state index >= 15 is 0 Å². The molecular weight excluding hydrogens is 1140 g/mol. The molecule has 2 aliphatic heterocycles. The number of rotatable bonds is 31. The topological polar surface area (TPSA) is 475 Å². The zero-order valence-electron chi connectivity index (χ0n) is 47.5. The van der Waals surface area contributed by atoms with Gasteiger partial charge in [-0.15, -0.1) is 12.4 Å². The number of hydrogen-bond donors (Lipinski definition) is 16. The number of imidazole rings is 1. The van der Waals surface area contributed by atoms with Gasteiger partial charge in [-0.05, 0) is 79.7 Å². The average Bonchev–Trinajstić information content (AvgIpc) is 4.50. The summed E-state index contributed by atoms with van der Waals surface area (Å²) < 4.78 is 0. The van der Waals surface area contributed by atoms with E-state index in [4.69, 9.17) is 17.2 Å². The number of aliphatic hydroxyl groups is 1. The molecule has 0 unspecified atom stereocenters. The molecular formula is C55H76ClN17O13. The van der Waals surface area contributed by atoms with Crippen LogP contribution in [0.25, 0.3) is 10.9 Å². The molecule has 31 heteroatoms. The highest BCUT2D eigenvalue weighted by molar-refractivity contribution is 5.99. The first kappa shape index (κ1) is 67.5. The number of aromatic nitrogens is 3. The van der Waals surface area contributed by atoms with Crippen LogP contribution >= 0.6 is 12.4 Å². The van der Waals surface area contributed by atoms with Crippen molar-refractivity contribution in [3.8, 4) is 5.75 Å². The zero-order valence-corrected chi connectivity index (χ0v) is 48.3. The van der Waals surface area contributed by atoms with E-state index in [1.165, 1.54) is 41.7 Å². The first-order valence-electron chi connectivity index (χ1n) is 27.8. The number of amides is 11. The second-order valence-electron chi connectivity index (χ2n) is 21.2. The molecule has 2 aromatic carbocycles. The fraction of sp³-hybridized carbons (Fsp3) is 0.473. The van der Waals surface area contributed by atoms with Crippen molar-refractivity contribution in [2.24, 2.45) is 28.1 Å². The van der Waals surface area contributed by atoms with E-state index in [9.17, 15) is 63.0 Å². The van der Waals surface area contributed by atoms with Crippen LogP contribution in [0.3, 0.4) is 0 Å². The van der Waals surface area contributed by atoms with Crippen molar-refractivity contribution in [3.63, 3.8) is 0 Å². The van der Waals surface area contributed by atoms with Gasteiger partial charge in [0.1, 0.15) is 54.1 Å². The van der Waals surface area contributed by atoms with Crippen LogP contribution in [0.1, 0.15) is 75.7 Å². The number of aromatic hydroxyl groups is 1. The summed E-state index contributed by atoms with van der Waals surface area (Å²) in [7, 11) is 0. The second kappa shape index (κ2) is 32.7. The SMILES string of the molecule is CC(C)C[C@H](NC(=O)CNC(=O)[C@H](Cc1ccc(O)cc1)NC(=O)[C@H](CO)NC(=O)[C@H](Cc1cc2ccccc2[nH]1)NC(=O)[C@H](Cc1cnc[nH]1)NC(=O)[C@@H]1CCC(=O)N1)C(=O)N[C@@H](CCCN=C(N)N)C(=O)N1CCC[C@H]1C(=O)NCC(N)=O.Cl. The van der Waals surface area contributed by atoms with Crippen LogP contribution in [-0.2, 0) is 72.0 Å². The average molecular weight is 1220 g/mol. The summed E-state index contributed by atoms with van der Waals surface area (Å²) in [6, 6.07) is 4.18. The fourth-order valence-corrected chi connectivity index (χ4v) is 9.74. The van der Waals surface area contributed by atoms with Gasteiger partial charge in [0.05, 0.1) is 26.0 Å². The van der Waals surface area contributed by atoms with Crippen LogP contribution in [0, 0.1) is 5.92 Å². The lowest BCUT2D eigenvalue weighted by molar-refractivity contribution is -0.142. The number of para-hydroxylation sites is 1. The summed E-state index contributed by atoms with van der Waals surface area (Å²) >= 11 is 0. The predicted molar refractivity (Wildman–Crippen MR) is 313 cm³/mol. The first-order chi connectivity index (χ1) is 40.6. The molecule has 8 atom stereocenters. The largest absolute Gasteiger partial charge is 0.508 e. The number of likely N-dealkylation sites (tertiary alicyclic amines) is 1. The molecule has 2 aliphatic rings. The van der Waals surface area contributed by atoms with Gasteiger partial charge in [0, 0.05) is 61.9 Å². The number of hydrogen-bond acceptors (Lipinski definition) is 15. The van der Waals surface area contributed by atoms with Crippen molar-refractivity contribution in [3.05, 3.63) is 84.1 Å². The molecule has 19 N–H and O–H groups in total. The molecule has 30 nitrogen and oxygen atoms in total. The number of H-pyrrole nitrogens is 2. The van der Waals surface area contributed by atoms with Gasteiger partial charge >= 0.3 is 0 Å². The van der Waals surface area contributed by atoms with Crippen LogP contribution in [0.2, 0.25) is 0 Å². The Balaban J connectivity index is 0.0000135. The van der Waals surface area contributed by atoms with Gasteiger partial charge < -0.3 is 90.1 Å². The van der Waals surface area contributed by atoms with Crippen molar-refractivity contribution in [2.75, 3.05) is 32.8 Å². The van der Waals surface area contributed by atoms with Gasteiger partial charge in [-0.3, -0.25) is 57.7 Å². The summed E-state index contributed by atoms with van der Waals surface area (Å²) in [5.41, 5.74) is 18.2. The molecule has 2 saturated heterocycles. The molecule has 0 aliphatic carbocycles. The molecule has 4 aromatic rings. The summed E-state index contributed by atoms with van der Waals surface area (Å²) in [5, 5.41) is 44.5. The summed E-state index contributed by atoms with van der Waals surface area (Å²) in [6.07, 6.45) is 3.58. The second-order valence-corrected chi connectivity index (χ2v) is 21.2. The van der Waals surface area contributed by atoms with E-state index in [2.05, 4.69) is 67.8 Å². The number of nitrogens with one attached hydrogen (secondary N) is 11. The van der Waals surface area contributed by atoms with Crippen LogP contribution in [0.5, 0.6) is 5.75 Å². The number of aliphatic hydroxyl groups excluding tert-OH is 1. The third-order valence-electron chi connectivity index (χ3n) is 14.0. The minimum Gasteiger partial charge on any atom is -0.508 e. The Morgan fingerprint density at radius 3 is 2.00 bits per heavy atom. The van der Waals surface area contributed by atoms with Gasteiger partial charge in [-0.1, -0.05) is 44.2 Å². The molecule has 4 heterocycles. The number of carbonyl (C=O) groups is 11. The third kappa shape index (κ3) is 20.5. The number of nitrogens with two attached hydrogens (primary N) is 3. The van der Waals surface area contributed by atoms with Crippen molar-refractivity contribution < 1.29 is 63.0 Å². The van der Waals surface area contributed by atoms with Crippen LogP contribution in [-0.4, -0.2) is 182 Å². The number of halogens is 1. The molecule has 6 rings (SSSR count). The summed E-state index contributed by atoms with van der Waals surface area (Å²) in [5.74, 6) is -8.88. The Hall–Kier alpha value is -9.32. The van der Waals surface area contributed by atoms with Gasteiger partial charge in [0.2, 0.25) is 65.0 Å². The van der Waals surface area contributed by atoms with E-state index in [1.807, 2.05) is 6.07 Å². The zero-order chi connectivity index (χ0) is 61.7. The Morgan fingerprint density at radius 1 is 0.733 bits per heavy atom. The highest BCUT2D eigenvalue weighted by Crippen LogP contribution is 2.21. The number of aromatic amines is 2. The van der Waals surface area contributed by atoms with Gasteiger partial charge in [-0.25, -0.2) is 4.98 Å². The highest BCUT2D eigenvalue weighted by Gasteiger charge is 2.39. The molecule has 0 saturated carbocycles. The predicted octanol–water partition coefficient (Wildman–Crippen LogP) is -3.97. The molecule has 2 fully saturated rings. The van der Waals surface area contributed by atoms with E-state index in [0.717, 1.165) is 5.39 Å². The standard InChI is InChI=1S/C55H75N17O13.ClH/c1-29(2)19-38(49(80)67-37(9-5-17-60-55(57)58)54(85)72-18-6-10-43(72)53(84)61-25-44(56)75)66-46(77)26-62-47(78)39(20-30-11-13-34(74)14-12-30)68-52(83)42(27-73)71-51(82)40(22-32-21-31-7-3-4-8-35(31)64-32)70-50(81)41(23-33-24-59-28-63-33)69-48(79)36-15-16-45(76)65-36;/h3-4,7-8,11-14,21,24,28-29,36-43,64,73-74H,5-6,9-10,15-20,22-23,25-27H2,1-2H3,(H2,56,75)(H,59,63)(H,61,84)(H,62,78)(H,65,76)(H,66,77)(H,67,80)(H,68,83)(H,69,79)(H,70,81)(H,71,82)(H4,57,58,60);1H/t36-,37-,38-,39-,40-,41-,42-,43-;/m0./s1. The Morgan fingerprint density at radius 2 is 1.37 bits per heavy atom. The number of primary amides is 1. The highest BCUT2D eigenvalue weighted by atomic mass is 35.5. The van der Waals surface area contributed by atoms with E-state index in [0.29, 0.717) is 28.9 Å². The van der Waals surface area contributed by atoms with E-state index in [1.54, 1.807) is 38.1 Å². The Kier molecular flexibility index (Phi) is 25.6. The molecule has 2 aromatic heterocycles. The molecule has 0 bridgehead atoms. The monoisotopic (exact) mass is 1220 g/mol. The fourth-order valence-electron chi connectivity index (χ4n) is 9.74. The summed E-state index contributed by atoms with van der Waals surface area (Å²) in [6.45, 7) is 1.62. The minimum atomic E-state index is -1.76. The van der Waals surface area contributed by atoms with Crippen LogP contribution < -0.4 is 65.1 Å². The lowest BCUT2D eigenvalue weighted by Gasteiger charge is -2.30. The number of nitrogens with zero attached hydrogens (tertiary/aromatic N) is 3. The maximum atomic E-state index is 14.4. The van der Waals surface area contributed by atoms with Crippen molar-refractivity contribution in [2.45, 2.75) is 126 Å². The number of benzene rings is 2. The molecule has 0 radical (unpaired) electrons. The van der Waals surface area contributed by atoms with Gasteiger partial charge in [0.15, 0.2) is 5.96 Å². The minimum absolute atomic E-state index is 0. The smallest absolute Gasteiger partial charge is 0.245 e. The van der Waals surface area contributed by atoms with Crippen LogP contribution in [0.15, 0.2) is 72.1 Å². The van der Waals surface area contributed by atoms with Gasteiger partial charge in [0.25, 0.3) is 0 Å². The number of phenols is 1. The molecule has 466 valence electrons. The first-order valence-corrected chi connectivity index (χ1v) is 27.8. The molecule has 86 heavy (non-hydrogen) atoms. The maximum Gasteiger partial charge on any atom is 0.245 e. The third-order valence-corrected chi connectivity index (χ3v) is 14.0.